The van der Waals surface area contributed by atoms with Crippen LogP contribution in [0.2, 0.25) is 19.3 Å². The molecule has 0 radical (unpaired) electrons. The van der Waals surface area contributed by atoms with E-state index >= 15 is 0 Å². The summed E-state index contributed by atoms with van der Waals surface area (Å²) in [5.41, 5.74) is 0.0623. The molecule has 8 heteroatoms. The van der Waals surface area contributed by atoms with Gasteiger partial charge < -0.3 is 0 Å². The molecule has 1 saturated heterocycles. The molecule has 1 aliphatic heterocycles. The predicted octanol–water partition coefficient (Wildman–Crippen LogP) is 4.24. The average Bonchev–Trinajstić information content (AvgIpc) is 3.23. The summed E-state index contributed by atoms with van der Waals surface area (Å²) in [6, 6.07) is 0. The van der Waals surface area contributed by atoms with Gasteiger partial charge >= 0.3 is 201 Å². The van der Waals surface area contributed by atoms with Gasteiger partial charge in [0.2, 0.25) is 0 Å². The average molecular weight is 555 g/mol. The van der Waals surface area contributed by atoms with Crippen molar-refractivity contribution in [3.63, 3.8) is 0 Å². The normalized spacial score (nSPS) is 23.2. The van der Waals surface area contributed by atoms with Crippen LogP contribution in [0.1, 0.15) is 52.4 Å². The SMILES string of the molecule is CCCCOC(=O)C1(C(=O)OCCCC)CC(=CB2N(C)CCN2C)C([CH2][Sn]([CH3])([CH3])[CH3])C1. The third kappa shape index (κ3) is 7.23. The molecule has 0 N–H and O–H groups in total. The number of carbonyl (C=O) groups excluding carboxylic acids is 2. The second-order valence-corrected chi connectivity index (χ2v) is 26.8. The van der Waals surface area contributed by atoms with E-state index in [2.05, 4.69) is 58.4 Å². The second kappa shape index (κ2) is 12.2. The Bertz CT molecular complexity index is 647. The molecule has 0 aromatic carbocycles. The Labute approximate surface area is 200 Å². The van der Waals surface area contributed by atoms with E-state index in [1.54, 1.807) is 0 Å². The number of hydrogen-bond acceptors (Lipinski definition) is 6. The van der Waals surface area contributed by atoms with Gasteiger partial charge in [-0.15, -0.1) is 0 Å². The Kier molecular flexibility index (Phi) is 10.6. The molecule has 182 valence electrons. The zero-order chi connectivity index (χ0) is 23.9. The topological polar surface area (TPSA) is 59.1 Å². The zero-order valence-electron chi connectivity index (χ0n) is 21.5. The van der Waals surface area contributed by atoms with Crippen molar-refractivity contribution >= 4 is 37.3 Å². The van der Waals surface area contributed by atoms with Crippen LogP contribution in [-0.2, 0) is 19.1 Å². The first-order valence-corrected chi connectivity index (χ1v) is 23.1. The summed E-state index contributed by atoms with van der Waals surface area (Å²) in [5, 5.41) is 0. The first-order chi connectivity index (χ1) is 15.0. The third-order valence-electron chi connectivity index (χ3n) is 6.80. The van der Waals surface area contributed by atoms with Gasteiger partial charge in [0.1, 0.15) is 0 Å². The maximum atomic E-state index is 13.4. The molecular weight excluding hydrogens is 510 g/mol. The molecule has 1 aliphatic carbocycles. The van der Waals surface area contributed by atoms with E-state index in [-0.39, 0.29) is 24.8 Å². The van der Waals surface area contributed by atoms with Crippen LogP contribution >= 0.6 is 0 Å². The number of unbranched alkanes of at least 4 members (excludes halogenated alkanes) is 2. The van der Waals surface area contributed by atoms with Crippen molar-refractivity contribution in [2.24, 2.45) is 11.3 Å². The maximum absolute atomic E-state index is 13.4. The number of hydrogen-bond donors (Lipinski definition) is 0. The second-order valence-electron chi connectivity index (χ2n) is 11.0. The Morgan fingerprint density at radius 3 is 1.97 bits per heavy atom. The molecule has 0 bridgehead atoms. The number of nitrogens with zero attached hydrogens (tertiary/aromatic N) is 2. The van der Waals surface area contributed by atoms with Gasteiger partial charge in [0.25, 0.3) is 0 Å². The van der Waals surface area contributed by atoms with Gasteiger partial charge in [-0.3, -0.25) is 0 Å². The Balaban J connectivity index is 2.38. The van der Waals surface area contributed by atoms with Crippen LogP contribution in [-0.4, -0.2) is 87.3 Å². The first-order valence-electron chi connectivity index (χ1n) is 12.5. The molecule has 2 rings (SSSR count). The molecule has 0 aromatic rings. The van der Waals surface area contributed by atoms with Gasteiger partial charge in [-0.2, -0.15) is 0 Å². The van der Waals surface area contributed by atoms with Crippen LogP contribution in [0.3, 0.4) is 0 Å². The number of likely N-dealkylation sites (N-methyl/N-ethyl adjacent to an activating group) is 2. The van der Waals surface area contributed by atoms with Crippen LogP contribution in [0.4, 0.5) is 0 Å². The predicted molar refractivity (Wildman–Crippen MR) is 134 cm³/mol. The number of carbonyl (C=O) groups is 2. The van der Waals surface area contributed by atoms with Crippen molar-refractivity contribution in [2.75, 3.05) is 40.4 Å². The minimum absolute atomic E-state index is 0.214. The van der Waals surface area contributed by atoms with Crippen molar-refractivity contribution < 1.29 is 19.1 Å². The molecule has 2 fully saturated rings. The van der Waals surface area contributed by atoms with Crippen molar-refractivity contribution in [2.45, 2.75) is 71.6 Å². The quantitative estimate of drug-likeness (QED) is 0.165. The molecule has 1 unspecified atom stereocenters. The van der Waals surface area contributed by atoms with Gasteiger partial charge in [-0.05, 0) is 0 Å². The molecule has 2 aliphatic rings. The van der Waals surface area contributed by atoms with Crippen LogP contribution in [0.15, 0.2) is 11.5 Å². The third-order valence-corrected chi connectivity index (χ3v) is 11.7. The van der Waals surface area contributed by atoms with Crippen molar-refractivity contribution in [3.05, 3.63) is 11.5 Å². The van der Waals surface area contributed by atoms with Crippen LogP contribution < -0.4 is 0 Å². The molecule has 1 saturated carbocycles. The molecule has 1 atom stereocenters. The molecule has 0 spiro atoms. The summed E-state index contributed by atoms with van der Waals surface area (Å²) in [6.45, 7) is 7.14. The van der Waals surface area contributed by atoms with E-state index in [4.69, 9.17) is 9.47 Å². The fraction of sp³-hybridized carbons (Fsp3) is 0.833. The van der Waals surface area contributed by atoms with E-state index in [0.29, 0.717) is 26.1 Å². The van der Waals surface area contributed by atoms with Gasteiger partial charge in [-0.1, -0.05) is 0 Å². The van der Waals surface area contributed by atoms with Crippen LogP contribution in [0.25, 0.3) is 0 Å². The van der Waals surface area contributed by atoms with Gasteiger partial charge in [0, 0.05) is 0 Å². The fourth-order valence-electron chi connectivity index (χ4n) is 4.91. The summed E-state index contributed by atoms with van der Waals surface area (Å²) in [7, 11) is 4.28. The van der Waals surface area contributed by atoms with Crippen molar-refractivity contribution in [3.8, 4) is 0 Å². The van der Waals surface area contributed by atoms with E-state index in [0.717, 1.165) is 43.2 Å². The Morgan fingerprint density at radius 1 is 1.03 bits per heavy atom. The molecule has 32 heavy (non-hydrogen) atoms. The summed E-state index contributed by atoms with van der Waals surface area (Å²) >= 11 is -2.19. The molecule has 1 heterocycles. The Hall–Kier alpha value is -0.536. The van der Waals surface area contributed by atoms with Gasteiger partial charge in [0.15, 0.2) is 0 Å². The fourth-order valence-corrected chi connectivity index (χ4v) is 10.3. The van der Waals surface area contributed by atoms with E-state index in [1.807, 2.05) is 0 Å². The standard InChI is InChI=1S/C21H36BN2O4.3CH3.Sn/c1-6-8-12-27-19(25)21(20(26)28-13-9-7-2)14-17(3)18(15-21)16-22-23(4)10-11-24(22)5;;;;/h16-17H,3,6-15H2,1-2,4-5H3;3*1H3;. The van der Waals surface area contributed by atoms with Gasteiger partial charge in [0.05, 0.1) is 0 Å². The summed E-state index contributed by atoms with van der Waals surface area (Å²) in [5.74, 6) is 1.83. The number of rotatable bonds is 11. The zero-order valence-corrected chi connectivity index (χ0v) is 24.4. The monoisotopic (exact) mass is 556 g/mol. The van der Waals surface area contributed by atoms with Crippen LogP contribution in [0, 0.1) is 11.3 Å². The van der Waals surface area contributed by atoms with E-state index in [1.165, 1.54) is 5.57 Å². The minimum atomic E-state index is -2.19. The number of esters is 2. The number of allylic oxidation sites excluding steroid dienone is 1. The van der Waals surface area contributed by atoms with Crippen molar-refractivity contribution in [1.29, 1.82) is 0 Å². The molecular formula is C24H45BN2O4Sn. The summed E-state index contributed by atoms with van der Waals surface area (Å²) in [6.07, 6.45) is 4.50. The van der Waals surface area contributed by atoms with E-state index in [9.17, 15) is 9.59 Å². The van der Waals surface area contributed by atoms with E-state index < -0.39 is 23.8 Å². The first kappa shape index (κ1) is 27.7. The molecule has 6 nitrogen and oxygen atoms in total. The number of ether oxygens (including phenoxy) is 2. The Morgan fingerprint density at radius 2 is 1.53 bits per heavy atom. The molecule has 0 aromatic heterocycles. The summed E-state index contributed by atoms with van der Waals surface area (Å²) < 4.78 is 12.5. The van der Waals surface area contributed by atoms with Gasteiger partial charge in [-0.25, -0.2) is 0 Å². The summed E-state index contributed by atoms with van der Waals surface area (Å²) in [4.78, 5) is 38.7. The van der Waals surface area contributed by atoms with Crippen LogP contribution in [0.5, 0.6) is 0 Å². The van der Waals surface area contributed by atoms with Crippen molar-refractivity contribution in [1.82, 2.24) is 9.62 Å². The molecule has 0 amide bonds.